The van der Waals surface area contributed by atoms with Crippen LogP contribution in [0.25, 0.3) is 0 Å². The predicted octanol–water partition coefficient (Wildman–Crippen LogP) is 0.877. The molecule has 2 aliphatic rings. The Balaban J connectivity index is 1.88. The van der Waals surface area contributed by atoms with Gasteiger partial charge < -0.3 is 19.9 Å². The SMILES string of the molecule is Cc1ccc(N2CCOCC2)c(C(=O)N2CCNCC2)c1. The fourth-order valence-corrected chi connectivity index (χ4v) is 2.94. The van der Waals surface area contributed by atoms with Gasteiger partial charge in [0.05, 0.1) is 18.8 Å². The maximum atomic E-state index is 12.9. The number of hydrogen-bond donors (Lipinski definition) is 1. The van der Waals surface area contributed by atoms with Crippen LogP contribution in [-0.4, -0.2) is 63.3 Å². The van der Waals surface area contributed by atoms with Gasteiger partial charge in [0.15, 0.2) is 0 Å². The van der Waals surface area contributed by atoms with Crippen molar-refractivity contribution in [1.82, 2.24) is 10.2 Å². The number of ether oxygens (including phenoxy) is 1. The van der Waals surface area contributed by atoms with Crippen molar-refractivity contribution in [2.75, 3.05) is 57.4 Å². The number of piperazine rings is 1. The van der Waals surface area contributed by atoms with E-state index in [9.17, 15) is 4.79 Å². The predicted molar refractivity (Wildman–Crippen MR) is 83.0 cm³/mol. The summed E-state index contributed by atoms with van der Waals surface area (Å²) in [6.45, 7) is 8.54. The topological polar surface area (TPSA) is 44.8 Å². The third kappa shape index (κ3) is 3.19. The molecule has 1 amide bonds. The number of morpholine rings is 1. The first-order chi connectivity index (χ1) is 10.3. The van der Waals surface area contributed by atoms with E-state index < -0.39 is 0 Å². The summed E-state index contributed by atoms with van der Waals surface area (Å²) in [4.78, 5) is 17.1. The van der Waals surface area contributed by atoms with Gasteiger partial charge in [0, 0.05) is 45.0 Å². The van der Waals surface area contributed by atoms with E-state index in [4.69, 9.17) is 4.74 Å². The van der Waals surface area contributed by atoms with Crippen LogP contribution in [0.1, 0.15) is 15.9 Å². The monoisotopic (exact) mass is 289 g/mol. The number of anilines is 1. The Morgan fingerprint density at radius 2 is 1.86 bits per heavy atom. The van der Waals surface area contributed by atoms with Crippen molar-refractivity contribution < 1.29 is 9.53 Å². The van der Waals surface area contributed by atoms with Gasteiger partial charge in [-0.05, 0) is 19.1 Å². The van der Waals surface area contributed by atoms with E-state index in [2.05, 4.69) is 22.3 Å². The average Bonchev–Trinajstić information content (AvgIpc) is 2.56. The molecule has 5 nitrogen and oxygen atoms in total. The Morgan fingerprint density at radius 3 is 2.57 bits per heavy atom. The summed E-state index contributed by atoms with van der Waals surface area (Å²) in [5.74, 6) is 0.154. The fraction of sp³-hybridized carbons (Fsp3) is 0.562. The molecule has 0 bridgehead atoms. The summed E-state index contributed by atoms with van der Waals surface area (Å²) < 4.78 is 5.42. The first-order valence-corrected chi connectivity index (χ1v) is 7.69. The summed E-state index contributed by atoms with van der Waals surface area (Å²) in [6.07, 6.45) is 0. The number of nitrogens with one attached hydrogen (secondary N) is 1. The molecule has 1 aromatic rings. The minimum atomic E-state index is 0.154. The summed E-state index contributed by atoms with van der Waals surface area (Å²) in [7, 11) is 0. The Kier molecular flexibility index (Phi) is 4.41. The van der Waals surface area contributed by atoms with Crippen LogP contribution < -0.4 is 10.2 Å². The van der Waals surface area contributed by atoms with Crippen molar-refractivity contribution in [2.24, 2.45) is 0 Å². The molecule has 21 heavy (non-hydrogen) atoms. The van der Waals surface area contributed by atoms with Crippen molar-refractivity contribution in [1.29, 1.82) is 0 Å². The normalized spacial score (nSPS) is 19.7. The lowest BCUT2D eigenvalue weighted by Crippen LogP contribution is -2.47. The molecular weight excluding hydrogens is 266 g/mol. The van der Waals surface area contributed by atoms with E-state index in [1.54, 1.807) is 0 Å². The number of amides is 1. The van der Waals surface area contributed by atoms with E-state index in [1.165, 1.54) is 0 Å². The van der Waals surface area contributed by atoms with E-state index in [1.807, 2.05) is 17.9 Å². The summed E-state index contributed by atoms with van der Waals surface area (Å²) >= 11 is 0. The quantitative estimate of drug-likeness (QED) is 0.878. The van der Waals surface area contributed by atoms with Crippen molar-refractivity contribution in [3.05, 3.63) is 29.3 Å². The second-order valence-corrected chi connectivity index (χ2v) is 5.66. The third-order valence-electron chi connectivity index (χ3n) is 4.14. The van der Waals surface area contributed by atoms with Crippen molar-refractivity contribution in [2.45, 2.75) is 6.92 Å². The van der Waals surface area contributed by atoms with E-state index >= 15 is 0 Å². The summed E-state index contributed by atoms with van der Waals surface area (Å²) in [5.41, 5.74) is 3.01. The molecule has 5 heteroatoms. The number of aryl methyl sites for hydroxylation is 1. The maximum absolute atomic E-state index is 12.9. The molecule has 0 spiro atoms. The minimum absolute atomic E-state index is 0.154. The Hall–Kier alpha value is -1.59. The van der Waals surface area contributed by atoms with Gasteiger partial charge >= 0.3 is 0 Å². The van der Waals surface area contributed by atoms with Gasteiger partial charge in [-0.3, -0.25) is 4.79 Å². The van der Waals surface area contributed by atoms with Gasteiger partial charge in [-0.2, -0.15) is 0 Å². The molecule has 0 aromatic heterocycles. The molecule has 2 fully saturated rings. The molecule has 0 saturated carbocycles. The van der Waals surface area contributed by atoms with E-state index in [-0.39, 0.29) is 5.91 Å². The van der Waals surface area contributed by atoms with Crippen LogP contribution in [-0.2, 0) is 4.74 Å². The maximum Gasteiger partial charge on any atom is 0.256 e. The van der Waals surface area contributed by atoms with Crippen molar-refractivity contribution in [3.63, 3.8) is 0 Å². The smallest absolute Gasteiger partial charge is 0.256 e. The molecule has 1 N–H and O–H groups in total. The van der Waals surface area contributed by atoms with Crippen LogP contribution in [0.5, 0.6) is 0 Å². The van der Waals surface area contributed by atoms with E-state index in [0.29, 0.717) is 0 Å². The third-order valence-corrected chi connectivity index (χ3v) is 4.14. The molecule has 0 aliphatic carbocycles. The minimum Gasteiger partial charge on any atom is -0.378 e. The molecule has 1 aromatic carbocycles. The van der Waals surface area contributed by atoms with Gasteiger partial charge in [-0.15, -0.1) is 0 Å². The van der Waals surface area contributed by atoms with Gasteiger partial charge in [0.1, 0.15) is 0 Å². The fourth-order valence-electron chi connectivity index (χ4n) is 2.94. The lowest BCUT2D eigenvalue weighted by molar-refractivity contribution is 0.0735. The molecule has 3 rings (SSSR count). The standard InChI is InChI=1S/C16H23N3O2/c1-13-2-3-15(18-8-10-21-11-9-18)14(12-13)16(20)19-6-4-17-5-7-19/h2-3,12,17H,4-11H2,1H3. The number of carbonyl (C=O) groups is 1. The van der Waals surface area contributed by atoms with Crippen molar-refractivity contribution >= 4 is 11.6 Å². The highest BCUT2D eigenvalue weighted by Crippen LogP contribution is 2.24. The Bertz CT molecular complexity index is 506. The first kappa shape index (κ1) is 14.4. The van der Waals surface area contributed by atoms with Crippen LogP contribution in [0.4, 0.5) is 5.69 Å². The molecule has 0 unspecified atom stereocenters. The first-order valence-electron chi connectivity index (χ1n) is 7.69. The van der Waals surface area contributed by atoms with Crippen LogP contribution in [0.15, 0.2) is 18.2 Å². The molecule has 2 saturated heterocycles. The zero-order chi connectivity index (χ0) is 14.7. The number of carbonyl (C=O) groups excluding carboxylic acids is 1. The molecule has 0 radical (unpaired) electrons. The van der Waals surface area contributed by atoms with Gasteiger partial charge in [-0.1, -0.05) is 11.6 Å². The highest BCUT2D eigenvalue weighted by molar-refractivity contribution is 6.00. The lowest BCUT2D eigenvalue weighted by Gasteiger charge is -2.33. The Morgan fingerprint density at radius 1 is 1.14 bits per heavy atom. The number of benzene rings is 1. The largest absolute Gasteiger partial charge is 0.378 e. The molecule has 2 heterocycles. The van der Waals surface area contributed by atoms with Gasteiger partial charge in [0.25, 0.3) is 5.91 Å². The van der Waals surface area contributed by atoms with Gasteiger partial charge in [0.2, 0.25) is 0 Å². The highest BCUT2D eigenvalue weighted by Gasteiger charge is 2.23. The van der Waals surface area contributed by atoms with Gasteiger partial charge in [-0.25, -0.2) is 0 Å². The second-order valence-electron chi connectivity index (χ2n) is 5.66. The zero-order valence-corrected chi connectivity index (χ0v) is 12.6. The molecule has 0 atom stereocenters. The van der Waals surface area contributed by atoms with Crippen LogP contribution in [0.2, 0.25) is 0 Å². The van der Waals surface area contributed by atoms with Crippen LogP contribution in [0, 0.1) is 6.92 Å². The molecule has 2 aliphatic heterocycles. The molecule has 114 valence electrons. The van der Waals surface area contributed by atoms with Crippen LogP contribution >= 0.6 is 0 Å². The highest BCUT2D eigenvalue weighted by atomic mass is 16.5. The number of hydrogen-bond acceptors (Lipinski definition) is 4. The lowest BCUT2D eigenvalue weighted by atomic mass is 10.1. The zero-order valence-electron chi connectivity index (χ0n) is 12.6. The van der Waals surface area contributed by atoms with Crippen LogP contribution in [0.3, 0.4) is 0 Å². The number of rotatable bonds is 2. The molecular formula is C16H23N3O2. The van der Waals surface area contributed by atoms with E-state index in [0.717, 1.165) is 69.3 Å². The second kappa shape index (κ2) is 6.45. The Labute approximate surface area is 125 Å². The summed E-state index contributed by atoms with van der Waals surface area (Å²) in [5, 5.41) is 3.29. The average molecular weight is 289 g/mol. The summed E-state index contributed by atoms with van der Waals surface area (Å²) in [6, 6.07) is 6.19. The number of nitrogens with zero attached hydrogens (tertiary/aromatic N) is 2. The van der Waals surface area contributed by atoms with Crippen molar-refractivity contribution in [3.8, 4) is 0 Å².